The molecule has 0 aromatic carbocycles. The van der Waals surface area contributed by atoms with Crippen LogP contribution in [0.25, 0.3) is 0 Å². The van der Waals surface area contributed by atoms with Crippen LogP contribution in [0.2, 0.25) is 0 Å². The van der Waals surface area contributed by atoms with Crippen LogP contribution in [0.1, 0.15) is 322 Å². The molecule has 440 valence electrons. The highest BCUT2D eigenvalue weighted by Crippen LogP contribution is 2.43. The molecular weight excluding hydrogens is 954 g/mol. The van der Waals surface area contributed by atoms with E-state index in [1.54, 1.807) is 0 Å². The number of unbranched alkanes of at least 4 members (excludes halogenated alkanes) is 40. The third-order valence-corrected chi connectivity index (χ3v) is 15.2. The van der Waals surface area contributed by atoms with Crippen molar-refractivity contribution < 1.29 is 37.6 Å². The standard InChI is InChI=1S/C65H122NO8P/c1-3-5-7-9-11-13-15-17-19-21-22-23-24-25-26-27-28-29-30-31-32-33-34-35-36-37-38-39-40-42-43-45-47-49-51-53-55-57-64(67)71-61-63(62-73-75(69,70)72-60-59-66)74-65(68)58-56-54-52-50-48-46-44-41-20-18-16-14-12-10-8-6-4-2/h6,8,12,14,18,20-22,63H,3-5,7,9-11,13,15-17,19,23-62,66H2,1-2H3,(H,69,70)/b8-6-,14-12-,20-18-,22-21-. The second-order valence-corrected chi connectivity index (χ2v) is 23.1. The summed E-state index contributed by atoms with van der Waals surface area (Å²) in [5.74, 6) is -0.827. The van der Waals surface area contributed by atoms with Crippen molar-refractivity contribution in [2.75, 3.05) is 26.4 Å². The molecule has 2 unspecified atom stereocenters. The normalized spacial score (nSPS) is 13.3. The molecule has 9 nitrogen and oxygen atoms in total. The Balaban J connectivity index is 3.77. The van der Waals surface area contributed by atoms with E-state index in [1.807, 2.05) is 0 Å². The Labute approximate surface area is 464 Å². The third kappa shape index (κ3) is 61.1. The first-order chi connectivity index (χ1) is 36.8. The van der Waals surface area contributed by atoms with Gasteiger partial charge in [-0.15, -0.1) is 0 Å². The van der Waals surface area contributed by atoms with E-state index in [2.05, 4.69) is 62.5 Å². The Bertz CT molecular complexity index is 1370. The van der Waals surface area contributed by atoms with Gasteiger partial charge in [-0.1, -0.05) is 287 Å². The van der Waals surface area contributed by atoms with E-state index in [9.17, 15) is 19.0 Å². The minimum atomic E-state index is -4.39. The first-order valence-electron chi connectivity index (χ1n) is 32.1. The summed E-state index contributed by atoms with van der Waals surface area (Å²) in [4.78, 5) is 35.2. The maximum atomic E-state index is 12.7. The van der Waals surface area contributed by atoms with Gasteiger partial charge in [0.1, 0.15) is 6.61 Å². The topological polar surface area (TPSA) is 134 Å². The molecule has 0 radical (unpaired) electrons. The zero-order chi connectivity index (χ0) is 54.5. The number of hydrogen-bond donors (Lipinski definition) is 2. The Morgan fingerprint density at radius 1 is 0.413 bits per heavy atom. The molecule has 0 saturated carbocycles. The van der Waals surface area contributed by atoms with E-state index in [-0.39, 0.29) is 38.6 Å². The molecule has 3 N–H and O–H groups in total. The van der Waals surface area contributed by atoms with E-state index in [0.29, 0.717) is 6.42 Å². The van der Waals surface area contributed by atoms with Crippen LogP contribution in [-0.4, -0.2) is 49.3 Å². The quantitative estimate of drug-likeness (QED) is 0.0264. The number of rotatable bonds is 61. The lowest BCUT2D eigenvalue weighted by Crippen LogP contribution is -2.29. The molecule has 0 fully saturated rings. The highest BCUT2D eigenvalue weighted by atomic mass is 31.2. The minimum absolute atomic E-state index is 0.0518. The van der Waals surface area contributed by atoms with Crippen LogP contribution in [0.15, 0.2) is 48.6 Å². The van der Waals surface area contributed by atoms with Crippen LogP contribution >= 0.6 is 7.82 Å². The molecule has 0 saturated heterocycles. The predicted molar refractivity (Wildman–Crippen MR) is 321 cm³/mol. The Hall–Kier alpha value is -2.03. The molecule has 0 aromatic rings. The Morgan fingerprint density at radius 2 is 0.733 bits per heavy atom. The number of ether oxygens (including phenoxy) is 2. The lowest BCUT2D eigenvalue weighted by Gasteiger charge is -2.19. The second-order valence-electron chi connectivity index (χ2n) is 21.6. The molecule has 0 aliphatic heterocycles. The molecule has 0 aliphatic rings. The van der Waals surface area contributed by atoms with Crippen LogP contribution in [-0.2, 0) is 32.7 Å². The summed E-state index contributed by atoms with van der Waals surface area (Å²) in [7, 11) is -4.39. The van der Waals surface area contributed by atoms with Crippen molar-refractivity contribution in [3.63, 3.8) is 0 Å². The molecule has 0 aliphatic carbocycles. The second kappa shape index (κ2) is 61.2. The third-order valence-electron chi connectivity index (χ3n) is 14.2. The van der Waals surface area contributed by atoms with E-state index in [0.717, 1.165) is 64.2 Å². The van der Waals surface area contributed by atoms with Crippen molar-refractivity contribution in [2.24, 2.45) is 5.73 Å². The molecule has 0 aromatic heterocycles. The van der Waals surface area contributed by atoms with Gasteiger partial charge in [-0.2, -0.15) is 0 Å². The van der Waals surface area contributed by atoms with Crippen LogP contribution in [0.4, 0.5) is 0 Å². The average molecular weight is 1080 g/mol. The smallest absolute Gasteiger partial charge is 0.462 e. The molecule has 0 amide bonds. The van der Waals surface area contributed by atoms with E-state index in [1.165, 1.54) is 225 Å². The molecule has 0 spiro atoms. The molecule has 2 atom stereocenters. The summed E-state index contributed by atoms with van der Waals surface area (Å²) in [6, 6.07) is 0. The number of phosphoric ester groups is 1. The monoisotopic (exact) mass is 1080 g/mol. The van der Waals surface area contributed by atoms with Gasteiger partial charge in [0.05, 0.1) is 13.2 Å². The van der Waals surface area contributed by atoms with Gasteiger partial charge in [0.2, 0.25) is 0 Å². The first-order valence-corrected chi connectivity index (χ1v) is 33.6. The number of esters is 2. The summed E-state index contributed by atoms with van der Waals surface area (Å²) in [6.07, 6.45) is 76.4. The van der Waals surface area contributed by atoms with Gasteiger partial charge < -0.3 is 20.1 Å². The SMILES string of the molecule is CC/C=C\C/C=C\C/C=C\CCCCCCCCCC(=O)OC(COC(=O)CCCCCCCCCCCCCCCCCCCCCCCCCCC/C=C\CCCCCCCCCC)COP(=O)(O)OCCN. The van der Waals surface area contributed by atoms with Crippen LogP contribution in [0, 0.1) is 0 Å². The lowest BCUT2D eigenvalue weighted by atomic mass is 10.0. The molecule has 10 heteroatoms. The van der Waals surface area contributed by atoms with Crippen molar-refractivity contribution >= 4 is 19.8 Å². The number of carbonyl (C=O) groups is 2. The highest BCUT2D eigenvalue weighted by Gasteiger charge is 2.26. The van der Waals surface area contributed by atoms with Crippen LogP contribution < -0.4 is 5.73 Å². The zero-order valence-electron chi connectivity index (χ0n) is 49.3. The number of carbonyl (C=O) groups excluding carboxylic acids is 2. The van der Waals surface area contributed by atoms with E-state index >= 15 is 0 Å². The zero-order valence-corrected chi connectivity index (χ0v) is 50.2. The predicted octanol–water partition coefficient (Wildman–Crippen LogP) is 20.5. The fraction of sp³-hybridized carbons (Fsp3) is 0.846. The van der Waals surface area contributed by atoms with Crippen LogP contribution in [0.5, 0.6) is 0 Å². The van der Waals surface area contributed by atoms with Gasteiger partial charge in [-0.3, -0.25) is 18.6 Å². The lowest BCUT2D eigenvalue weighted by molar-refractivity contribution is -0.161. The minimum Gasteiger partial charge on any atom is -0.462 e. The van der Waals surface area contributed by atoms with Crippen molar-refractivity contribution in [3.8, 4) is 0 Å². The van der Waals surface area contributed by atoms with Crippen molar-refractivity contribution in [1.29, 1.82) is 0 Å². The Morgan fingerprint density at radius 3 is 1.11 bits per heavy atom. The summed E-state index contributed by atoms with van der Waals surface area (Å²) < 4.78 is 33.0. The largest absolute Gasteiger partial charge is 0.472 e. The molecule has 0 bridgehead atoms. The summed E-state index contributed by atoms with van der Waals surface area (Å²) >= 11 is 0. The summed E-state index contributed by atoms with van der Waals surface area (Å²) in [6.45, 7) is 3.66. The fourth-order valence-electron chi connectivity index (χ4n) is 9.47. The molecular formula is C65H122NO8P. The summed E-state index contributed by atoms with van der Waals surface area (Å²) in [5.41, 5.74) is 5.38. The summed E-state index contributed by atoms with van der Waals surface area (Å²) in [5, 5.41) is 0. The van der Waals surface area contributed by atoms with Gasteiger partial charge in [0.15, 0.2) is 6.10 Å². The van der Waals surface area contributed by atoms with Crippen molar-refractivity contribution in [3.05, 3.63) is 48.6 Å². The van der Waals surface area contributed by atoms with Gasteiger partial charge in [0.25, 0.3) is 0 Å². The van der Waals surface area contributed by atoms with Gasteiger partial charge >= 0.3 is 19.8 Å². The highest BCUT2D eigenvalue weighted by molar-refractivity contribution is 7.47. The van der Waals surface area contributed by atoms with E-state index in [4.69, 9.17) is 24.3 Å². The first kappa shape index (κ1) is 73.0. The maximum absolute atomic E-state index is 12.7. The molecule has 75 heavy (non-hydrogen) atoms. The fourth-order valence-corrected chi connectivity index (χ4v) is 10.2. The number of allylic oxidation sites excluding steroid dienone is 8. The van der Waals surface area contributed by atoms with Gasteiger partial charge in [-0.25, -0.2) is 4.57 Å². The average Bonchev–Trinajstić information content (AvgIpc) is 3.40. The molecule has 0 rings (SSSR count). The van der Waals surface area contributed by atoms with E-state index < -0.39 is 26.5 Å². The number of hydrogen-bond acceptors (Lipinski definition) is 8. The maximum Gasteiger partial charge on any atom is 0.472 e. The Kier molecular flexibility index (Phi) is 59.5. The van der Waals surface area contributed by atoms with Crippen molar-refractivity contribution in [2.45, 2.75) is 328 Å². The number of phosphoric acid groups is 1. The number of nitrogens with two attached hydrogens (primary N) is 1. The van der Waals surface area contributed by atoms with Gasteiger partial charge in [0, 0.05) is 19.4 Å². The van der Waals surface area contributed by atoms with Gasteiger partial charge in [-0.05, 0) is 70.6 Å². The molecule has 0 heterocycles. The van der Waals surface area contributed by atoms with Crippen molar-refractivity contribution in [1.82, 2.24) is 0 Å². The van der Waals surface area contributed by atoms with Crippen LogP contribution in [0.3, 0.4) is 0 Å².